The average Bonchev–Trinajstić information content (AvgIpc) is 2.46. The maximum atomic E-state index is 13.7. The lowest BCUT2D eigenvalue weighted by molar-refractivity contribution is 0.265. The number of hydrogen-bond donors (Lipinski definition) is 0. The first kappa shape index (κ1) is 15.8. The Hall–Kier alpha value is -1.63. The Labute approximate surface area is 122 Å². The van der Waals surface area contributed by atoms with E-state index in [-0.39, 0.29) is 5.56 Å². The SMILES string of the molecule is CO[Si](C)(OC)c1ccc(-c2c(F)cc(F)cc2F)cc1. The average molecular weight is 312 g/mol. The summed E-state index contributed by atoms with van der Waals surface area (Å²) in [5.74, 6) is -2.80. The fourth-order valence-corrected chi connectivity index (χ4v) is 3.49. The lowest BCUT2D eigenvalue weighted by Gasteiger charge is -2.23. The van der Waals surface area contributed by atoms with Crippen molar-refractivity contribution in [3.8, 4) is 11.1 Å². The summed E-state index contributed by atoms with van der Waals surface area (Å²) in [5, 5.41) is 0.833. The maximum Gasteiger partial charge on any atom is 0.368 e. The third kappa shape index (κ3) is 3.02. The van der Waals surface area contributed by atoms with Gasteiger partial charge in [0.2, 0.25) is 0 Å². The summed E-state index contributed by atoms with van der Waals surface area (Å²) in [4.78, 5) is 0. The molecule has 0 heterocycles. The molecule has 0 aliphatic heterocycles. The Kier molecular flexibility index (Phi) is 4.51. The fourth-order valence-electron chi connectivity index (χ4n) is 2.08. The third-order valence-corrected chi connectivity index (χ3v) is 6.42. The van der Waals surface area contributed by atoms with Gasteiger partial charge in [0.1, 0.15) is 17.5 Å². The van der Waals surface area contributed by atoms with Gasteiger partial charge in [-0.1, -0.05) is 24.3 Å². The van der Waals surface area contributed by atoms with E-state index in [1.54, 1.807) is 38.5 Å². The molecule has 0 aliphatic carbocycles. The molecule has 2 aromatic rings. The summed E-state index contributed by atoms with van der Waals surface area (Å²) in [7, 11) is 0.636. The van der Waals surface area contributed by atoms with Crippen molar-refractivity contribution in [3.05, 3.63) is 53.8 Å². The van der Waals surface area contributed by atoms with Crippen molar-refractivity contribution in [2.45, 2.75) is 6.55 Å². The second-order valence-electron chi connectivity index (χ2n) is 4.68. The molecular weight excluding hydrogens is 297 g/mol. The van der Waals surface area contributed by atoms with Crippen molar-refractivity contribution in [3.63, 3.8) is 0 Å². The van der Waals surface area contributed by atoms with Crippen molar-refractivity contribution in [1.29, 1.82) is 0 Å². The molecule has 2 aromatic carbocycles. The zero-order valence-corrected chi connectivity index (χ0v) is 12.9. The van der Waals surface area contributed by atoms with Crippen LogP contribution in [0, 0.1) is 17.5 Å². The molecule has 0 bridgehead atoms. The third-order valence-electron chi connectivity index (χ3n) is 3.48. The first-order chi connectivity index (χ1) is 9.91. The molecule has 6 heteroatoms. The van der Waals surface area contributed by atoms with Crippen LogP contribution in [0.1, 0.15) is 0 Å². The van der Waals surface area contributed by atoms with Gasteiger partial charge in [0, 0.05) is 26.4 Å². The molecule has 0 saturated carbocycles. The predicted molar refractivity (Wildman–Crippen MR) is 77.0 cm³/mol. The van der Waals surface area contributed by atoms with Crippen LogP contribution in [0.15, 0.2) is 36.4 Å². The van der Waals surface area contributed by atoms with Crippen molar-refractivity contribution in [1.82, 2.24) is 0 Å². The minimum absolute atomic E-state index is 0.249. The minimum atomic E-state index is -2.48. The molecule has 21 heavy (non-hydrogen) atoms. The van der Waals surface area contributed by atoms with Crippen LogP contribution in [0.25, 0.3) is 11.1 Å². The first-order valence-electron chi connectivity index (χ1n) is 6.27. The van der Waals surface area contributed by atoms with E-state index in [1.807, 2.05) is 6.55 Å². The summed E-state index contributed by atoms with van der Waals surface area (Å²) >= 11 is 0. The minimum Gasteiger partial charge on any atom is -0.394 e. The molecular formula is C15H15F3O2Si. The number of hydrogen-bond acceptors (Lipinski definition) is 2. The number of halogens is 3. The number of rotatable bonds is 4. The van der Waals surface area contributed by atoms with Gasteiger partial charge >= 0.3 is 8.56 Å². The molecule has 0 fully saturated rings. The van der Waals surface area contributed by atoms with E-state index in [0.717, 1.165) is 5.19 Å². The highest BCUT2D eigenvalue weighted by molar-refractivity contribution is 6.79. The van der Waals surface area contributed by atoms with Crippen LogP contribution in [-0.2, 0) is 8.85 Å². The van der Waals surface area contributed by atoms with Gasteiger partial charge in [-0.2, -0.15) is 0 Å². The van der Waals surface area contributed by atoms with Crippen LogP contribution >= 0.6 is 0 Å². The van der Waals surface area contributed by atoms with Crippen LogP contribution in [-0.4, -0.2) is 22.8 Å². The second kappa shape index (κ2) is 6.01. The van der Waals surface area contributed by atoms with Gasteiger partial charge in [-0.3, -0.25) is 0 Å². The van der Waals surface area contributed by atoms with Crippen LogP contribution in [0.4, 0.5) is 13.2 Å². The highest BCUT2D eigenvalue weighted by Gasteiger charge is 2.31. The lowest BCUT2D eigenvalue weighted by Crippen LogP contribution is -2.49. The van der Waals surface area contributed by atoms with Crippen molar-refractivity contribution in [2.75, 3.05) is 14.2 Å². The van der Waals surface area contributed by atoms with Gasteiger partial charge in [-0.05, 0) is 17.3 Å². The van der Waals surface area contributed by atoms with Crippen LogP contribution in [0.5, 0.6) is 0 Å². The standard InChI is InChI=1S/C15H15F3O2Si/c1-19-21(3,20-2)12-6-4-10(5-7-12)15-13(17)8-11(16)9-14(15)18/h4-9H,1-3H3. The quantitative estimate of drug-likeness (QED) is 0.806. The second-order valence-corrected chi connectivity index (χ2v) is 7.96. The summed E-state index contributed by atoms with van der Waals surface area (Å²) in [6, 6.07) is 7.87. The lowest BCUT2D eigenvalue weighted by atomic mass is 10.0. The smallest absolute Gasteiger partial charge is 0.368 e. The molecule has 0 unspecified atom stereocenters. The molecule has 2 nitrogen and oxygen atoms in total. The van der Waals surface area contributed by atoms with E-state index in [2.05, 4.69) is 0 Å². The Morgan fingerprint density at radius 3 is 1.76 bits per heavy atom. The summed E-state index contributed by atoms with van der Waals surface area (Å²) in [5.41, 5.74) is 0.0819. The Balaban J connectivity index is 2.45. The summed E-state index contributed by atoms with van der Waals surface area (Å²) in [6.45, 7) is 1.86. The molecule has 2 rings (SSSR count). The van der Waals surface area contributed by atoms with Crippen LogP contribution in [0.3, 0.4) is 0 Å². The van der Waals surface area contributed by atoms with Crippen molar-refractivity contribution in [2.24, 2.45) is 0 Å². The molecule has 0 amide bonds. The van der Waals surface area contributed by atoms with Gasteiger partial charge in [0.25, 0.3) is 0 Å². The Morgan fingerprint density at radius 1 is 0.857 bits per heavy atom. The zero-order valence-electron chi connectivity index (χ0n) is 11.9. The normalized spacial score (nSPS) is 11.7. The molecule has 0 N–H and O–H groups in total. The van der Waals surface area contributed by atoms with Crippen molar-refractivity contribution < 1.29 is 22.0 Å². The fraction of sp³-hybridized carbons (Fsp3) is 0.200. The molecule has 0 radical (unpaired) electrons. The van der Waals surface area contributed by atoms with E-state index >= 15 is 0 Å². The molecule has 0 atom stereocenters. The largest absolute Gasteiger partial charge is 0.394 e. The van der Waals surface area contributed by atoms with E-state index in [9.17, 15) is 13.2 Å². The predicted octanol–water partition coefficient (Wildman–Crippen LogP) is 3.34. The van der Waals surface area contributed by atoms with Gasteiger partial charge < -0.3 is 8.85 Å². The first-order valence-corrected chi connectivity index (χ1v) is 8.58. The monoisotopic (exact) mass is 312 g/mol. The van der Waals surface area contributed by atoms with Gasteiger partial charge in [0.15, 0.2) is 0 Å². The summed E-state index contributed by atoms with van der Waals surface area (Å²) < 4.78 is 51.2. The highest BCUT2D eigenvalue weighted by atomic mass is 28.4. The molecule has 0 saturated heterocycles. The molecule has 0 spiro atoms. The Bertz CT molecular complexity index is 617. The Morgan fingerprint density at radius 2 is 1.33 bits per heavy atom. The zero-order chi connectivity index (χ0) is 15.6. The van der Waals surface area contributed by atoms with Crippen LogP contribution in [0.2, 0.25) is 6.55 Å². The van der Waals surface area contributed by atoms with Crippen molar-refractivity contribution >= 4 is 13.7 Å². The van der Waals surface area contributed by atoms with E-state index in [1.165, 1.54) is 0 Å². The highest BCUT2D eigenvalue weighted by Crippen LogP contribution is 2.26. The summed E-state index contributed by atoms with van der Waals surface area (Å²) in [6.07, 6.45) is 0. The van der Waals surface area contributed by atoms with Gasteiger partial charge in [-0.25, -0.2) is 13.2 Å². The molecule has 0 aliphatic rings. The van der Waals surface area contributed by atoms with Gasteiger partial charge in [0.05, 0.1) is 5.56 Å². The molecule has 112 valence electrons. The number of benzene rings is 2. The van der Waals surface area contributed by atoms with E-state index in [0.29, 0.717) is 17.7 Å². The van der Waals surface area contributed by atoms with E-state index < -0.39 is 26.0 Å². The van der Waals surface area contributed by atoms with Gasteiger partial charge in [-0.15, -0.1) is 0 Å². The maximum absolute atomic E-state index is 13.7. The van der Waals surface area contributed by atoms with E-state index in [4.69, 9.17) is 8.85 Å². The van der Waals surface area contributed by atoms with Crippen LogP contribution < -0.4 is 5.19 Å². The topological polar surface area (TPSA) is 18.5 Å². The molecule has 0 aromatic heterocycles.